The van der Waals surface area contributed by atoms with Crippen LogP contribution in [0.2, 0.25) is 0 Å². The molecule has 0 amide bonds. The molecule has 7 aromatic carbocycles. The van der Waals surface area contributed by atoms with Gasteiger partial charge in [0.25, 0.3) is 0 Å². The Morgan fingerprint density at radius 2 is 1.11 bits per heavy atom. The highest BCUT2D eigenvalue weighted by molar-refractivity contribution is 7.25. The third-order valence-electron chi connectivity index (χ3n) is 11.0. The van der Waals surface area contributed by atoms with E-state index in [1.54, 1.807) is 0 Å². The average molecular weight is 735 g/mol. The highest BCUT2D eigenvalue weighted by Crippen LogP contribution is 2.40. The van der Waals surface area contributed by atoms with E-state index < -0.39 is 0 Å². The number of para-hydroxylation sites is 1. The lowest BCUT2D eigenvalue weighted by molar-refractivity contribution is 0.855. The molecule has 0 fully saturated rings. The second-order valence-electron chi connectivity index (χ2n) is 14.4. The summed E-state index contributed by atoms with van der Waals surface area (Å²) in [5.74, 6) is 2.38. The molecule has 4 nitrogen and oxygen atoms in total. The molecule has 0 spiro atoms. The maximum atomic E-state index is 4.98. The van der Waals surface area contributed by atoms with Crippen LogP contribution < -0.4 is 0 Å². The fourth-order valence-corrected chi connectivity index (χ4v) is 9.31. The van der Waals surface area contributed by atoms with Gasteiger partial charge in [0.15, 0.2) is 17.5 Å². The van der Waals surface area contributed by atoms with Crippen LogP contribution in [-0.2, 0) is 0 Å². The number of hydrogen-bond donors (Lipinski definition) is 0. The molecule has 1 atom stereocenters. The Kier molecular flexibility index (Phi) is 7.78. The van der Waals surface area contributed by atoms with Crippen molar-refractivity contribution in [3.8, 4) is 51.0 Å². The molecule has 11 rings (SSSR count). The highest BCUT2D eigenvalue weighted by Gasteiger charge is 2.18. The van der Waals surface area contributed by atoms with Gasteiger partial charge in [-0.25, -0.2) is 15.0 Å². The van der Waals surface area contributed by atoms with E-state index >= 15 is 0 Å². The van der Waals surface area contributed by atoms with Crippen LogP contribution in [0.4, 0.5) is 0 Å². The first-order chi connectivity index (χ1) is 27.7. The second-order valence-corrected chi connectivity index (χ2v) is 15.5. The zero-order valence-corrected chi connectivity index (χ0v) is 31.2. The summed E-state index contributed by atoms with van der Waals surface area (Å²) in [6.45, 7) is 0. The van der Waals surface area contributed by atoms with Crippen LogP contribution in [0.1, 0.15) is 17.9 Å². The Bertz CT molecular complexity index is 3110. The van der Waals surface area contributed by atoms with Crippen molar-refractivity contribution >= 4 is 53.3 Å². The van der Waals surface area contributed by atoms with Crippen LogP contribution in [0.25, 0.3) is 93.0 Å². The van der Waals surface area contributed by atoms with E-state index in [2.05, 4.69) is 132 Å². The van der Waals surface area contributed by atoms with Crippen molar-refractivity contribution in [2.75, 3.05) is 0 Å². The van der Waals surface area contributed by atoms with E-state index in [1.807, 2.05) is 72.0 Å². The zero-order chi connectivity index (χ0) is 37.0. The Morgan fingerprint density at radius 3 is 1.88 bits per heavy atom. The fourth-order valence-electron chi connectivity index (χ4n) is 8.18. The Balaban J connectivity index is 0.992. The molecule has 1 aliphatic carbocycles. The van der Waals surface area contributed by atoms with Crippen LogP contribution in [0.3, 0.4) is 0 Å². The summed E-state index contributed by atoms with van der Waals surface area (Å²) in [4.78, 5) is 14.9. The smallest absolute Gasteiger partial charge is 0.164 e. The van der Waals surface area contributed by atoms with E-state index in [0.717, 1.165) is 28.8 Å². The van der Waals surface area contributed by atoms with E-state index in [-0.39, 0.29) is 0 Å². The van der Waals surface area contributed by atoms with E-state index in [4.69, 9.17) is 15.0 Å². The van der Waals surface area contributed by atoms with Gasteiger partial charge in [-0.05, 0) is 65.6 Å². The van der Waals surface area contributed by atoms with Gasteiger partial charge in [0.2, 0.25) is 0 Å². The lowest BCUT2D eigenvalue weighted by Gasteiger charge is -2.15. The highest BCUT2D eigenvalue weighted by atomic mass is 32.1. The van der Waals surface area contributed by atoms with Crippen molar-refractivity contribution in [1.82, 2.24) is 19.5 Å². The topological polar surface area (TPSA) is 43.6 Å². The van der Waals surface area contributed by atoms with Crippen molar-refractivity contribution in [3.05, 3.63) is 194 Å². The SMILES string of the molecule is C1=CCC(c2ccc3c4ccccc4n(-c4cccc(-c5ccc6sc7cc(-c8nc(-c9ccccc9)nc(-c9ccccc9)n8)ccc7c6c5)c4)c3c2)C=C1. The largest absolute Gasteiger partial charge is 0.309 e. The van der Waals surface area contributed by atoms with Gasteiger partial charge in [-0.15, -0.1) is 11.3 Å². The third kappa shape index (κ3) is 5.64. The molecule has 0 N–H and O–H groups in total. The molecule has 0 saturated heterocycles. The number of fused-ring (bicyclic) bond motifs is 6. The minimum absolute atomic E-state index is 0.390. The molecule has 0 saturated carbocycles. The molecule has 264 valence electrons. The van der Waals surface area contributed by atoms with Gasteiger partial charge in [0, 0.05) is 59.2 Å². The molecule has 1 aliphatic rings. The first-order valence-electron chi connectivity index (χ1n) is 19.0. The number of aromatic nitrogens is 4. The van der Waals surface area contributed by atoms with Crippen LogP contribution in [0, 0.1) is 0 Å². The van der Waals surface area contributed by atoms with E-state index in [9.17, 15) is 0 Å². The zero-order valence-electron chi connectivity index (χ0n) is 30.4. The monoisotopic (exact) mass is 734 g/mol. The van der Waals surface area contributed by atoms with Crippen LogP contribution in [0.15, 0.2) is 188 Å². The molecule has 3 aromatic heterocycles. The first kappa shape index (κ1) is 32.5. The van der Waals surface area contributed by atoms with Gasteiger partial charge in [-0.1, -0.05) is 146 Å². The fraction of sp³-hybridized carbons (Fsp3) is 0.0392. The second kappa shape index (κ2) is 13.4. The number of thiophene rings is 1. The molecule has 1 unspecified atom stereocenters. The molecule has 5 heteroatoms. The molecule has 3 heterocycles. The minimum atomic E-state index is 0.390. The predicted octanol–water partition coefficient (Wildman–Crippen LogP) is 13.6. The molecule has 56 heavy (non-hydrogen) atoms. The number of rotatable bonds is 6. The normalized spacial score (nSPS) is 14.0. The summed E-state index contributed by atoms with van der Waals surface area (Å²) in [5, 5.41) is 5.03. The molecular formula is C51H34N4S. The lowest BCUT2D eigenvalue weighted by Crippen LogP contribution is -1.99. The van der Waals surface area contributed by atoms with Gasteiger partial charge in [0.05, 0.1) is 11.0 Å². The Morgan fingerprint density at radius 1 is 0.446 bits per heavy atom. The van der Waals surface area contributed by atoms with Crippen molar-refractivity contribution in [2.45, 2.75) is 12.3 Å². The first-order valence-corrected chi connectivity index (χ1v) is 19.9. The van der Waals surface area contributed by atoms with Gasteiger partial charge in [0.1, 0.15) is 0 Å². The standard InChI is InChI=1S/C51H34N4S/c1-4-13-33(14-5-1)38-23-26-42-41-21-10-11-22-45(41)55(46(42)31-38)40-20-12-19-36(29-40)37-25-28-47-44(30-37)43-27-24-39(32-48(43)56-47)51-53-49(34-15-6-2-7-16-34)52-50(54-51)35-17-8-3-9-18-35/h1-13,15-33H,14H2. The van der Waals surface area contributed by atoms with E-state index in [1.165, 1.54) is 58.7 Å². The average Bonchev–Trinajstić information content (AvgIpc) is 3.81. The van der Waals surface area contributed by atoms with Gasteiger partial charge < -0.3 is 4.57 Å². The van der Waals surface area contributed by atoms with Crippen LogP contribution in [0.5, 0.6) is 0 Å². The number of allylic oxidation sites excluding steroid dienone is 4. The molecule has 0 aliphatic heterocycles. The summed E-state index contributed by atoms with van der Waals surface area (Å²) in [6, 6.07) is 58.5. The number of hydrogen-bond acceptors (Lipinski definition) is 4. The maximum Gasteiger partial charge on any atom is 0.164 e. The van der Waals surface area contributed by atoms with Gasteiger partial charge in [-0.3, -0.25) is 0 Å². The van der Waals surface area contributed by atoms with Crippen molar-refractivity contribution in [3.63, 3.8) is 0 Å². The molecular weight excluding hydrogens is 701 g/mol. The molecule has 0 radical (unpaired) electrons. The number of nitrogens with zero attached hydrogens (tertiary/aromatic N) is 4. The molecule has 10 aromatic rings. The van der Waals surface area contributed by atoms with Gasteiger partial charge >= 0.3 is 0 Å². The molecule has 0 bridgehead atoms. The van der Waals surface area contributed by atoms with Crippen LogP contribution in [-0.4, -0.2) is 19.5 Å². The van der Waals surface area contributed by atoms with Crippen molar-refractivity contribution in [1.29, 1.82) is 0 Å². The maximum absolute atomic E-state index is 4.98. The summed E-state index contributed by atoms with van der Waals surface area (Å²) in [7, 11) is 0. The van der Waals surface area contributed by atoms with E-state index in [0.29, 0.717) is 23.4 Å². The summed E-state index contributed by atoms with van der Waals surface area (Å²) < 4.78 is 4.90. The summed E-state index contributed by atoms with van der Waals surface area (Å²) >= 11 is 1.81. The summed E-state index contributed by atoms with van der Waals surface area (Å²) in [6.07, 6.45) is 9.92. The van der Waals surface area contributed by atoms with Crippen molar-refractivity contribution < 1.29 is 0 Å². The minimum Gasteiger partial charge on any atom is -0.309 e. The van der Waals surface area contributed by atoms with Crippen molar-refractivity contribution in [2.24, 2.45) is 0 Å². The summed E-state index contributed by atoms with van der Waals surface area (Å²) in [5.41, 5.74) is 10.2. The number of benzene rings is 7. The van der Waals surface area contributed by atoms with Crippen LogP contribution >= 0.6 is 11.3 Å². The van der Waals surface area contributed by atoms with Gasteiger partial charge in [-0.2, -0.15) is 0 Å². The Hall–Kier alpha value is -6.95. The lowest BCUT2D eigenvalue weighted by atomic mass is 9.92. The third-order valence-corrected chi connectivity index (χ3v) is 12.1. The predicted molar refractivity (Wildman–Crippen MR) is 234 cm³/mol. The Labute approximate surface area is 328 Å². The quantitative estimate of drug-likeness (QED) is 0.171.